The van der Waals surface area contributed by atoms with Gasteiger partial charge in [0, 0.05) is 0 Å². The maximum Gasteiger partial charge on any atom is 0.343 e. The molecule has 0 amide bonds. The van der Waals surface area contributed by atoms with Crippen molar-refractivity contribution >= 4 is 66.7 Å². The molecule has 0 spiro atoms. The monoisotopic (exact) mass is 562 g/mol. The fraction of sp³-hybridized carbons (Fsp3) is 0.211. The van der Waals surface area contributed by atoms with E-state index in [1.54, 1.807) is 0 Å². The number of esters is 1. The van der Waals surface area contributed by atoms with E-state index in [4.69, 9.17) is 14.2 Å². The highest BCUT2D eigenvalue weighted by Crippen LogP contribution is 2.55. The van der Waals surface area contributed by atoms with E-state index in [0.29, 0.717) is 5.75 Å². The van der Waals surface area contributed by atoms with E-state index in [1.807, 2.05) is 19.9 Å². The molecule has 0 aliphatic carbocycles. The maximum absolute atomic E-state index is 13.6. The normalized spacial score (nSPS) is 10.7. The van der Waals surface area contributed by atoms with E-state index in [2.05, 4.69) is 0 Å². The minimum atomic E-state index is -1.10. The molecule has 0 saturated heterocycles. The second kappa shape index (κ2) is 13.5. The highest BCUT2D eigenvalue weighted by Gasteiger charge is 2.31. The Morgan fingerprint density at radius 1 is 0.848 bits per heavy atom. The predicted octanol–water partition coefficient (Wildman–Crippen LogP) is 9.14. The van der Waals surface area contributed by atoms with E-state index in [0.717, 1.165) is 5.57 Å². The lowest BCUT2D eigenvalue weighted by molar-refractivity contribution is 0.0723. The van der Waals surface area contributed by atoms with Crippen molar-refractivity contribution in [1.29, 1.82) is 0 Å². The van der Waals surface area contributed by atoms with Crippen molar-refractivity contribution in [3.63, 3.8) is 0 Å². The molecule has 0 unspecified atom stereocenters. The van der Waals surface area contributed by atoms with Crippen LogP contribution in [-0.4, -0.2) is 19.7 Å². The van der Waals surface area contributed by atoms with E-state index >= 15 is 0 Å². The van der Waals surface area contributed by atoms with Crippen molar-refractivity contribution in [2.45, 2.75) is 38.3 Å². The molecule has 0 heterocycles. The first-order chi connectivity index (χ1) is 15.9. The number of methoxy groups -OCH3 is 1. The summed E-state index contributed by atoms with van der Waals surface area (Å²) in [4.78, 5) is 9.26. The molecule has 0 N–H and O–H groups in total. The van der Waals surface area contributed by atoms with Crippen molar-refractivity contribution in [2.75, 3.05) is 13.7 Å². The molecule has 0 radical (unpaired) electrons. The molecule has 4 nitrogen and oxygen atoms in total. The SMILES string of the molecule is COc1cc(C(=O)Oc2c(SF)c(SF)c(SF)c(SF)c2SF)ccc1OCC=C(C)C. The van der Waals surface area contributed by atoms with Gasteiger partial charge in [0.25, 0.3) is 0 Å². The van der Waals surface area contributed by atoms with Gasteiger partial charge in [0.15, 0.2) is 17.2 Å². The maximum atomic E-state index is 13.6. The van der Waals surface area contributed by atoms with Gasteiger partial charge in [0.1, 0.15) is 16.4 Å². The molecule has 0 atom stereocenters. The van der Waals surface area contributed by atoms with Gasteiger partial charge in [-0.15, -0.1) is 0 Å². The zero-order valence-electron chi connectivity index (χ0n) is 17.1. The van der Waals surface area contributed by atoms with E-state index in [-0.39, 0.29) is 17.9 Å². The fourth-order valence-corrected chi connectivity index (χ4v) is 5.23. The Balaban J connectivity index is 2.48. The third-order valence-corrected chi connectivity index (χ3v) is 7.24. The van der Waals surface area contributed by atoms with Gasteiger partial charge in [-0.25, -0.2) is 4.79 Å². The molecule has 2 aromatic rings. The largest absolute Gasteiger partial charge is 0.493 e. The van der Waals surface area contributed by atoms with Crippen molar-refractivity contribution in [2.24, 2.45) is 0 Å². The average Bonchev–Trinajstić information content (AvgIpc) is 2.82. The molecule has 0 aromatic heterocycles. The van der Waals surface area contributed by atoms with Crippen LogP contribution in [0.1, 0.15) is 24.2 Å². The van der Waals surface area contributed by atoms with Gasteiger partial charge in [-0.2, -0.15) is 19.4 Å². The molecule has 14 heteroatoms. The Hall–Kier alpha value is -1.35. The average molecular weight is 563 g/mol. The van der Waals surface area contributed by atoms with Crippen LogP contribution in [0.4, 0.5) is 19.4 Å². The molecular formula is C19H15F5O4S5. The number of halogens is 5. The van der Waals surface area contributed by atoms with Gasteiger partial charge >= 0.3 is 5.97 Å². The Kier molecular flexibility index (Phi) is 11.4. The van der Waals surface area contributed by atoms with Gasteiger partial charge in [-0.05, 0) is 38.1 Å². The second-order valence-electron chi connectivity index (χ2n) is 6.21. The topological polar surface area (TPSA) is 44.8 Å². The zero-order chi connectivity index (χ0) is 24.5. The fourth-order valence-electron chi connectivity index (χ4n) is 2.43. The van der Waals surface area contributed by atoms with Crippen molar-refractivity contribution < 1.29 is 38.4 Å². The number of hydrogen-bond acceptors (Lipinski definition) is 9. The number of ether oxygens (including phenoxy) is 3. The first kappa shape index (κ1) is 27.9. The second-order valence-corrected chi connectivity index (χ2v) is 9.02. The lowest BCUT2D eigenvalue weighted by Crippen LogP contribution is -2.11. The Labute approximate surface area is 209 Å². The number of rotatable bonds is 11. The minimum absolute atomic E-state index is 0.0983. The molecule has 0 fully saturated rings. The van der Waals surface area contributed by atoms with Gasteiger partial charge in [-0.3, -0.25) is 0 Å². The summed E-state index contributed by atoms with van der Waals surface area (Å²) in [6, 6.07) is 4.01. The quantitative estimate of drug-likeness (QED) is 0.115. The lowest BCUT2D eigenvalue weighted by Gasteiger charge is -2.17. The van der Waals surface area contributed by atoms with E-state index in [1.165, 1.54) is 25.3 Å². The van der Waals surface area contributed by atoms with Crippen LogP contribution in [-0.2, 0) is 0 Å². The van der Waals surface area contributed by atoms with Crippen LogP contribution >= 0.6 is 60.7 Å². The summed E-state index contributed by atoms with van der Waals surface area (Å²) >= 11 is -2.96. The van der Waals surface area contributed by atoms with Crippen LogP contribution < -0.4 is 14.2 Å². The summed E-state index contributed by atoms with van der Waals surface area (Å²) in [5, 5.41) is 0. The Morgan fingerprint density at radius 3 is 1.82 bits per heavy atom. The Morgan fingerprint density at radius 2 is 1.36 bits per heavy atom. The van der Waals surface area contributed by atoms with Crippen molar-refractivity contribution in [3.8, 4) is 17.2 Å². The summed E-state index contributed by atoms with van der Waals surface area (Å²) < 4.78 is 83.4. The standard InChI is InChI=1S/C19H15F5O4S5/c1-9(2)6-7-27-11-5-4-10(8-12(11)26-3)19(25)28-13-14(29-20)16(31-22)18(33-24)17(32-23)15(13)30-21/h4-6,8H,7H2,1-3H3. The summed E-state index contributed by atoms with van der Waals surface area (Å²) in [6.45, 7) is 4.04. The van der Waals surface area contributed by atoms with Gasteiger partial charge < -0.3 is 14.2 Å². The molecule has 0 saturated carbocycles. The molecule has 180 valence electrons. The van der Waals surface area contributed by atoms with Gasteiger partial charge in [-0.1, -0.05) is 5.57 Å². The van der Waals surface area contributed by atoms with Crippen molar-refractivity contribution in [1.82, 2.24) is 0 Å². The minimum Gasteiger partial charge on any atom is -0.493 e. The third kappa shape index (κ3) is 6.62. The molecule has 33 heavy (non-hydrogen) atoms. The molecule has 0 aliphatic rings. The molecule has 2 rings (SSSR count). The highest BCUT2D eigenvalue weighted by atomic mass is 32.2. The summed E-state index contributed by atoms with van der Waals surface area (Å²) in [7, 11) is 1.34. The summed E-state index contributed by atoms with van der Waals surface area (Å²) in [5.74, 6) is -1.37. The first-order valence-electron chi connectivity index (χ1n) is 8.69. The summed E-state index contributed by atoms with van der Waals surface area (Å²) in [5.41, 5.74) is 0.935. The smallest absolute Gasteiger partial charge is 0.343 e. The first-order valence-corrected chi connectivity index (χ1v) is 12.3. The number of carbonyl (C=O) groups is 1. The number of carbonyl (C=O) groups excluding carboxylic acids is 1. The molecule has 0 bridgehead atoms. The summed E-state index contributed by atoms with van der Waals surface area (Å²) in [6.07, 6.45) is 1.83. The molecule has 0 aliphatic heterocycles. The molecular weight excluding hydrogens is 548 g/mol. The van der Waals surface area contributed by atoms with Crippen LogP contribution in [0.3, 0.4) is 0 Å². The number of hydrogen-bond donors (Lipinski definition) is 0. The predicted molar refractivity (Wildman–Crippen MR) is 124 cm³/mol. The molecule has 2 aromatic carbocycles. The van der Waals surface area contributed by atoms with E-state index < -0.39 is 96.9 Å². The van der Waals surface area contributed by atoms with Crippen LogP contribution in [0.2, 0.25) is 0 Å². The van der Waals surface area contributed by atoms with Crippen LogP contribution in [0, 0.1) is 0 Å². The van der Waals surface area contributed by atoms with Crippen LogP contribution in [0.5, 0.6) is 17.2 Å². The zero-order valence-corrected chi connectivity index (χ0v) is 21.2. The van der Waals surface area contributed by atoms with Crippen LogP contribution in [0.15, 0.2) is 54.3 Å². The number of allylic oxidation sites excluding steroid dienone is 1. The van der Waals surface area contributed by atoms with Gasteiger partial charge in [0.2, 0.25) is 0 Å². The van der Waals surface area contributed by atoms with Crippen molar-refractivity contribution in [3.05, 3.63) is 35.4 Å². The van der Waals surface area contributed by atoms with E-state index in [9.17, 15) is 24.2 Å². The Bertz CT molecular complexity index is 1000. The number of benzene rings is 2. The van der Waals surface area contributed by atoms with Crippen LogP contribution in [0.25, 0.3) is 0 Å². The van der Waals surface area contributed by atoms with Gasteiger partial charge in [0.05, 0.1) is 88.1 Å². The lowest BCUT2D eigenvalue weighted by atomic mass is 10.2. The highest BCUT2D eigenvalue weighted by molar-refractivity contribution is 8.00. The third-order valence-electron chi connectivity index (χ3n) is 3.95.